The van der Waals surface area contributed by atoms with Gasteiger partial charge in [0.05, 0.1) is 19.4 Å². The van der Waals surface area contributed by atoms with Gasteiger partial charge in [0, 0.05) is 11.4 Å². The zero-order valence-electron chi connectivity index (χ0n) is 13.3. The molecule has 1 aromatic carbocycles. The van der Waals surface area contributed by atoms with Crippen LogP contribution in [0, 0.1) is 0 Å². The van der Waals surface area contributed by atoms with Crippen LogP contribution in [0.1, 0.15) is 17.4 Å². The lowest BCUT2D eigenvalue weighted by atomic mass is 10.1. The molecule has 3 rings (SSSR count). The topological polar surface area (TPSA) is 46.4 Å². The van der Waals surface area contributed by atoms with Crippen molar-refractivity contribution < 1.29 is 9.15 Å². The fourth-order valence-corrected chi connectivity index (χ4v) is 4.07. The van der Waals surface area contributed by atoms with Crippen molar-refractivity contribution in [2.45, 2.75) is 9.95 Å². The third kappa shape index (κ3) is 3.88. The number of halogens is 1. The van der Waals surface area contributed by atoms with Gasteiger partial charge < -0.3 is 14.5 Å². The van der Waals surface area contributed by atoms with Gasteiger partial charge in [0.2, 0.25) is 0 Å². The molecule has 0 saturated carbocycles. The highest BCUT2D eigenvalue weighted by molar-refractivity contribution is 9.11. The zero-order valence-corrected chi connectivity index (χ0v) is 15.7. The van der Waals surface area contributed by atoms with E-state index in [9.17, 15) is 0 Å². The van der Waals surface area contributed by atoms with Crippen LogP contribution in [0.25, 0.3) is 5.70 Å². The summed E-state index contributed by atoms with van der Waals surface area (Å²) in [5.41, 5.74) is 2.10. The SMILES string of the molecule is C=CCS[C@]1(Br)NC(c2ccc(OC)cc2)=C[C@H](c2ccco2)N1. The Balaban J connectivity index is 1.93. The maximum atomic E-state index is 5.59. The lowest BCUT2D eigenvalue weighted by Gasteiger charge is -2.38. The Morgan fingerprint density at radius 3 is 2.79 bits per heavy atom. The highest BCUT2D eigenvalue weighted by Gasteiger charge is 2.35. The molecule has 0 saturated heterocycles. The molecule has 1 aliphatic heterocycles. The summed E-state index contributed by atoms with van der Waals surface area (Å²) in [6.07, 6.45) is 5.69. The number of benzene rings is 1. The number of methoxy groups -OCH3 is 1. The van der Waals surface area contributed by atoms with Crippen LogP contribution in [0.15, 0.2) is 65.8 Å². The van der Waals surface area contributed by atoms with Gasteiger partial charge in [0.15, 0.2) is 3.90 Å². The summed E-state index contributed by atoms with van der Waals surface area (Å²) in [5, 5.41) is 7.02. The normalized spacial score (nSPS) is 23.2. The van der Waals surface area contributed by atoms with Crippen LogP contribution in [0.3, 0.4) is 0 Å². The van der Waals surface area contributed by atoms with Gasteiger partial charge >= 0.3 is 0 Å². The Morgan fingerprint density at radius 1 is 1.38 bits per heavy atom. The first kappa shape index (κ1) is 17.2. The highest BCUT2D eigenvalue weighted by atomic mass is 79.9. The summed E-state index contributed by atoms with van der Waals surface area (Å²) in [7, 11) is 1.67. The molecule has 2 aromatic rings. The van der Waals surface area contributed by atoms with Gasteiger partial charge in [-0.25, -0.2) is 0 Å². The van der Waals surface area contributed by atoms with E-state index in [1.54, 1.807) is 25.1 Å². The summed E-state index contributed by atoms with van der Waals surface area (Å²) in [5.74, 6) is 2.50. The summed E-state index contributed by atoms with van der Waals surface area (Å²) in [6, 6.07) is 11.8. The summed E-state index contributed by atoms with van der Waals surface area (Å²) >= 11 is 5.45. The van der Waals surface area contributed by atoms with Crippen molar-refractivity contribution in [1.82, 2.24) is 10.6 Å². The van der Waals surface area contributed by atoms with E-state index in [2.05, 4.69) is 39.2 Å². The maximum Gasteiger partial charge on any atom is 0.195 e. The van der Waals surface area contributed by atoms with Crippen molar-refractivity contribution in [3.8, 4) is 5.75 Å². The van der Waals surface area contributed by atoms with E-state index in [-0.39, 0.29) is 6.04 Å². The second-order valence-corrected chi connectivity index (χ2v) is 8.21. The number of hydrogen-bond donors (Lipinski definition) is 2. The Labute approximate surface area is 154 Å². The Kier molecular flexibility index (Phi) is 5.38. The first-order valence-electron chi connectivity index (χ1n) is 7.53. The van der Waals surface area contributed by atoms with E-state index in [0.717, 1.165) is 28.5 Å². The van der Waals surface area contributed by atoms with E-state index in [0.29, 0.717) is 0 Å². The molecule has 0 unspecified atom stereocenters. The number of rotatable bonds is 6. The fraction of sp³-hybridized carbons (Fsp3) is 0.222. The monoisotopic (exact) mass is 406 g/mol. The number of nitrogens with one attached hydrogen (secondary N) is 2. The predicted molar refractivity (Wildman–Crippen MR) is 103 cm³/mol. The molecule has 126 valence electrons. The first-order valence-corrected chi connectivity index (χ1v) is 9.31. The summed E-state index contributed by atoms with van der Waals surface area (Å²) in [6.45, 7) is 3.80. The van der Waals surface area contributed by atoms with Gasteiger partial charge in [-0.2, -0.15) is 0 Å². The molecule has 6 heteroatoms. The van der Waals surface area contributed by atoms with Crippen molar-refractivity contribution in [3.05, 3.63) is 72.7 Å². The highest BCUT2D eigenvalue weighted by Crippen LogP contribution is 2.37. The number of thioether (sulfide) groups is 1. The minimum absolute atomic E-state index is 0.0463. The van der Waals surface area contributed by atoms with Crippen molar-refractivity contribution in [1.29, 1.82) is 0 Å². The van der Waals surface area contributed by atoms with Gasteiger partial charge in [-0.1, -0.05) is 6.08 Å². The quantitative estimate of drug-likeness (QED) is 0.420. The molecule has 0 spiro atoms. The summed E-state index contributed by atoms with van der Waals surface area (Å²) in [4.78, 5) is 0. The van der Waals surface area contributed by atoms with Crippen molar-refractivity contribution in [2.75, 3.05) is 12.9 Å². The molecular weight excluding hydrogens is 388 g/mol. The largest absolute Gasteiger partial charge is 0.497 e. The molecule has 1 aliphatic rings. The van der Waals surface area contributed by atoms with Crippen LogP contribution in [0.2, 0.25) is 0 Å². The van der Waals surface area contributed by atoms with Crippen LogP contribution in [-0.4, -0.2) is 16.8 Å². The van der Waals surface area contributed by atoms with E-state index in [1.807, 2.05) is 42.5 Å². The third-order valence-corrected chi connectivity index (χ3v) is 5.75. The van der Waals surface area contributed by atoms with Crippen molar-refractivity contribution in [2.24, 2.45) is 0 Å². The Bertz CT molecular complexity index is 715. The Morgan fingerprint density at radius 2 is 2.17 bits per heavy atom. The van der Waals surface area contributed by atoms with E-state index < -0.39 is 3.90 Å². The number of alkyl halides is 1. The molecule has 0 fully saturated rings. The third-order valence-electron chi connectivity index (χ3n) is 3.62. The molecule has 0 amide bonds. The van der Waals surface area contributed by atoms with Gasteiger partial charge in [0.1, 0.15) is 11.5 Å². The first-order chi connectivity index (χ1) is 11.6. The maximum absolute atomic E-state index is 5.59. The van der Waals surface area contributed by atoms with Gasteiger partial charge in [0.25, 0.3) is 0 Å². The molecule has 2 atom stereocenters. The van der Waals surface area contributed by atoms with Crippen molar-refractivity contribution in [3.63, 3.8) is 0 Å². The molecule has 2 N–H and O–H groups in total. The smallest absolute Gasteiger partial charge is 0.195 e. The molecule has 0 aliphatic carbocycles. The van der Waals surface area contributed by atoms with Gasteiger partial charge in [-0.05, 0) is 64.0 Å². The molecular formula is C18H19BrN2O2S. The molecule has 2 heterocycles. The fourth-order valence-electron chi connectivity index (χ4n) is 2.47. The average molecular weight is 407 g/mol. The van der Waals surface area contributed by atoms with E-state index in [4.69, 9.17) is 9.15 Å². The van der Waals surface area contributed by atoms with Crippen LogP contribution in [0.4, 0.5) is 0 Å². The minimum atomic E-state index is -0.511. The van der Waals surface area contributed by atoms with Crippen LogP contribution >= 0.6 is 27.7 Å². The number of furan rings is 1. The lowest BCUT2D eigenvalue weighted by Crippen LogP contribution is -2.52. The predicted octanol–water partition coefficient (Wildman–Crippen LogP) is 4.49. The average Bonchev–Trinajstić information content (AvgIpc) is 3.14. The van der Waals surface area contributed by atoms with Crippen molar-refractivity contribution >= 4 is 33.4 Å². The van der Waals surface area contributed by atoms with E-state index in [1.165, 1.54) is 0 Å². The Hall–Kier alpha value is -1.63. The minimum Gasteiger partial charge on any atom is -0.497 e. The standard InChI is InChI=1S/C18H19BrN2O2S/c1-3-11-24-18(19)20-15(13-6-8-14(22-2)9-7-13)12-16(21-18)17-5-4-10-23-17/h3-10,12,16,20-21H,1,11H2,2H3/t16-,18-/m1/s1. The second-order valence-electron chi connectivity index (χ2n) is 5.27. The van der Waals surface area contributed by atoms with E-state index >= 15 is 0 Å². The van der Waals surface area contributed by atoms with Gasteiger partial charge in [-0.3, -0.25) is 5.32 Å². The molecule has 4 nitrogen and oxygen atoms in total. The number of hydrogen-bond acceptors (Lipinski definition) is 5. The molecule has 0 radical (unpaired) electrons. The number of ether oxygens (including phenoxy) is 1. The molecule has 1 aromatic heterocycles. The van der Waals surface area contributed by atoms with Crippen LogP contribution in [-0.2, 0) is 0 Å². The van der Waals surface area contributed by atoms with Crippen LogP contribution < -0.4 is 15.4 Å². The van der Waals surface area contributed by atoms with Gasteiger partial charge in [-0.15, -0.1) is 18.3 Å². The van der Waals surface area contributed by atoms with Crippen LogP contribution in [0.5, 0.6) is 5.75 Å². The second kappa shape index (κ2) is 7.51. The molecule has 24 heavy (non-hydrogen) atoms. The summed E-state index contributed by atoms with van der Waals surface area (Å²) < 4.78 is 10.3. The zero-order chi connectivity index (χ0) is 17.0. The molecule has 0 bridgehead atoms. The lowest BCUT2D eigenvalue weighted by molar-refractivity contribution is 0.414.